The number of fused-ring (bicyclic) bond motifs is 1. The molecule has 2 aromatic carbocycles. The molecular weight excluding hydrogens is 414 g/mol. The predicted molar refractivity (Wildman–Crippen MR) is 120 cm³/mol. The first-order valence-corrected chi connectivity index (χ1v) is 10.4. The first-order valence-electron chi connectivity index (χ1n) is 10.0. The van der Waals surface area contributed by atoms with Crippen LogP contribution < -0.4 is 5.69 Å². The van der Waals surface area contributed by atoms with Crippen LogP contribution in [0.2, 0.25) is 5.02 Å². The zero-order valence-electron chi connectivity index (χ0n) is 17.3. The molecule has 0 fully saturated rings. The molecule has 31 heavy (non-hydrogen) atoms. The van der Waals surface area contributed by atoms with E-state index in [-0.39, 0.29) is 12.5 Å². The van der Waals surface area contributed by atoms with Crippen molar-refractivity contribution in [2.75, 3.05) is 6.54 Å². The SMILES string of the molecule is CCN(Cc1ccccc1)C(=O)Cn1nc2cc(C)nc(-c3cccc(Cl)c3)n2c1=O. The monoisotopic (exact) mass is 435 g/mol. The van der Waals surface area contributed by atoms with E-state index >= 15 is 0 Å². The van der Waals surface area contributed by atoms with E-state index in [2.05, 4.69) is 10.1 Å². The molecule has 0 spiro atoms. The van der Waals surface area contributed by atoms with Gasteiger partial charge in [-0.1, -0.05) is 54.1 Å². The number of rotatable bonds is 6. The minimum absolute atomic E-state index is 0.144. The lowest BCUT2D eigenvalue weighted by atomic mass is 10.2. The first-order chi connectivity index (χ1) is 15.0. The molecule has 2 heterocycles. The highest BCUT2D eigenvalue weighted by molar-refractivity contribution is 6.30. The van der Waals surface area contributed by atoms with Gasteiger partial charge in [-0.15, -0.1) is 5.10 Å². The van der Waals surface area contributed by atoms with Gasteiger partial charge in [-0.25, -0.2) is 18.9 Å². The van der Waals surface area contributed by atoms with E-state index in [1.807, 2.05) is 50.2 Å². The van der Waals surface area contributed by atoms with Gasteiger partial charge < -0.3 is 4.90 Å². The summed E-state index contributed by atoms with van der Waals surface area (Å²) in [5.41, 5.74) is 2.47. The van der Waals surface area contributed by atoms with Crippen molar-refractivity contribution in [3.8, 4) is 11.4 Å². The van der Waals surface area contributed by atoms with Crippen molar-refractivity contribution in [1.29, 1.82) is 0 Å². The van der Waals surface area contributed by atoms with Crippen molar-refractivity contribution in [3.05, 3.63) is 87.4 Å². The van der Waals surface area contributed by atoms with Gasteiger partial charge in [0.2, 0.25) is 5.91 Å². The van der Waals surface area contributed by atoms with Gasteiger partial charge in [-0.3, -0.25) is 4.79 Å². The van der Waals surface area contributed by atoms with Gasteiger partial charge in [-0.05, 0) is 31.5 Å². The van der Waals surface area contributed by atoms with E-state index < -0.39 is 5.69 Å². The van der Waals surface area contributed by atoms with Gasteiger partial charge in [0, 0.05) is 35.4 Å². The van der Waals surface area contributed by atoms with Crippen LogP contribution in [0.3, 0.4) is 0 Å². The molecular formula is C23H22ClN5O2. The Hall–Kier alpha value is -3.45. The standard InChI is InChI=1S/C23H22ClN5O2/c1-3-27(14-17-8-5-4-6-9-17)21(30)15-28-23(31)29-20(26-28)12-16(2)25-22(29)18-10-7-11-19(24)13-18/h4-13H,3,14-15H2,1-2H3. The highest BCUT2D eigenvalue weighted by Gasteiger charge is 2.19. The summed E-state index contributed by atoms with van der Waals surface area (Å²) in [5.74, 6) is 0.267. The normalized spacial score (nSPS) is 11.1. The zero-order chi connectivity index (χ0) is 22.0. The van der Waals surface area contributed by atoms with Crippen molar-refractivity contribution >= 4 is 23.2 Å². The fraction of sp³-hybridized carbons (Fsp3) is 0.217. The summed E-state index contributed by atoms with van der Waals surface area (Å²) in [6.45, 7) is 4.62. The van der Waals surface area contributed by atoms with Crippen LogP contribution in [0.5, 0.6) is 0 Å². The molecule has 7 nitrogen and oxygen atoms in total. The molecule has 8 heteroatoms. The number of halogens is 1. The molecule has 0 aliphatic carbocycles. The fourth-order valence-corrected chi connectivity index (χ4v) is 3.68. The molecule has 0 saturated heterocycles. The highest BCUT2D eigenvalue weighted by Crippen LogP contribution is 2.21. The third-order valence-electron chi connectivity index (χ3n) is 5.01. The topological polar surface area (TPSA) is 72.5 Å². The molecule has 0 unspecified atom stereocenters. The molecule has 0 radical (unpaired) electrons. The maximum Gasteiger partial charge on any atom is 0.352 e. The quantitative estimate of drug-likeness (QED) is 0.464. The Labute approximate surface area is 184 Å². The van der Waals surface area contributed by atoms with Crippen LogP contribution in [0.4, 0.5) is 0 Å². The van der Waals surface area contributed by atoms with Gasteiger partial charge in [0.25, 0.3) is 0 Å². The summed E-state index contributed by atoms with van der Waals surface area (Å²) in [6, 6.07) is 18.6. The number of aryl methyl sites for hydroxylation is 1. The second-order valence-electron chi connectivity index (χ2n) is 7.26. The highest BCUT2D eigenvalue weighted by atomic mass is 35.5. The number of benzene rings is 2. The van der Waals surface area contributed by atoms with Gasteiger partial charge in [0.15, 0.2) is 5.65 Å². The number of amides is 1. The summed E-state index contributed by atoms with van der Waals surface area (Å²) >= 11 is 6.13. The Bertz CT molecular complexity index is 1300. The number of nitrogens with zero attached hydrogens (tertiary/aromatic N) is 5. The summed E-state index contributed by atoms with van der Waals surface area (Å²) in [5, 5.41) is 4.94. The van der Waals surface area contributed by atoms with Crippen LogP contribution in [0.25, 0.3) is 17.0 Å². The Balaban J connectivity index is 1.69. The van der Waals surface area contributed by atoms with Crippen LogP contribution in [-0.4, -0.2) is 36.5 Å². The maximum absolute atomic E-state index is 13.1. The fourth-order valence-electron chi connectivity index (χ4n) is 3.49. The molecule has 0 N–H and O–H groups in total. The minimum Gasteiger partial charge on any atom is -0.337 e. The van der Waals surface area contributed by atoms with Crippen LogP contribution in [0, 0.1) is 6.92 Å². The maximum atomic E-state index is 13.1. The van der Waals surface area contributed by atoms with E-state index in [9.17, 15) is 9.59 Å². The third kappa shape index (κ3) is 4.36. The number of likely N-dealkylation sites (N-methyl/N-ethyl adjacent to an activating group) is 1. The lowest BCUT2D eigenvalue weighted by Gasteiger charge is -2.20. The molecule has 1 amide bonds. The van der Waals surface area contributed by atoms with Crippen molar-refractivity contribution in [3.63, 3.8) is 0 Å². The van der Waals surface area contributed by atoms with Gasteiger partial charge in [0.05, 0.1) is 0 Å². The Kier molecular flexibility index (Phi) is 5.86. The van der Waals surface area contributed by atoms with E-state index in [0.717, 1.165) is 5.56 Å². The van der Waals surface area contributed by atoms with Crippen molar-refractivity contribution in [2.45, 2.75) is 26.9 Å². The lowest BCUT2D eigenvalue weighted by Crippen LogP contribution is -2.36. The molecule has 0 aliphatic rings. The summed E-state index contributed by atoms with van der Waals surface area (Å²) in [7, 11) is 0. The van der Waals surface area contributed by atoms with Crippen LogP contribution >= 0.6 is 11.6 Å². The van der Waals surface area contributed by atoms with Crippen molar-refractivity contribution < 1.29 is 4.79 Å². The molecule has 0 saturated carbocycles. The molecule has 4 rings (SSSR count). The Morgan fingerprint density at radius 1 is 1.10 bits per heavy atom. The number of aromatic nitrogens is 4. The number of hydrogen-bond acceptors (Lipinski definition) is 4. The summed E-state index contributed by atoms with van der Waals surface area (Å²) in [6.07, 6.45) is 0. The number of carbonyl (C=O) groups excluding carboxylic acids is 1. The Morgan fingerprint density at radius 2 is 1.87 bits per heavy atom. The summed E-state index contributed by atoms with van der Waals surface area (Å²) in [4.78, 5) is 32.3. The van der Waals surface area contributed by atoms with Gasteiger partial charge in [-0.2, -0.15) is 0 Å². The average molecular weight is 436 g/mol. The zero-order valence-corrected chi connectivity index (χ0v) is 18.1. The van der Waals surface area contributed by atoms with E-state index in [4.69, 9.17) is 11.6 Å². The molecule has 0 aliphatic heterocycles. The Morgan fingerprint density at radius 3 is 2.58 bits per heavy atom. The average Bonchev–Trinajstić information content (AvgIpc) is 3.06. The van der Waals surface area contributed by atoms with Crippen molar-refractivity contribution in [1.82, 2.24) is 24.1 Å². The molecule has 0 bridgehead atoms. The second-order valence-corrected chi connectivity index (χ2v) is 7.70. The van der Waals surface area contributed by atoms with Gasteiger partial charge in [0.1, 0.15) is 12.4 Å². The van der Waals surface area contributed by atoms with Crippen LogP contribution in [0.15, 0.2) is 65.5 Å². The lowest BCUT2D eigenvalue weighted by molar-refractivity contribution is -0.132. The number of hydrogen-bond donors (Lipinski definition) is 0. The van der Waals surface area contributed by atoms with E-state index in [1.165, 1.54) is 9.08 Å². The van der Waals surface area contributed by atoms with Crippen LogP contribution in [0.1, 0.15) is 18.2 Å². The largest absolute Gasteiger partial charge is 0.352 e. The predicted octanol–water partition coefficient (Wildman–Crippen LogP) is 3.57. The molecule has 2 aromatic heterocycles. The van der Waals surface area contributed by atoms with Gasteiger partial charge >= 0.3 is 5.69 Å². The molecule has 4 aromatic rings. The minimum atomic E-state index is -0.415. The van der Waals surface area contributed by atoms with E-state index in [0.29, 0.717) is 40.8 Å². The summed E-state index contributed by atoms with van der Waals surface area (Å²) < 4.78 is 2.61. The molecule has 0 atom stereocenters. The smallest absolute Gasteiger partial charge is 0.337 e. The molecule has 158 valence electrons. The van der Waals surface area contributed by atoms with Crippen molar-refractivity contribution in [2.24, 2.45) is 0 Å². The third-order valence-corrected chi connectivity index (χ3v) is 5.25. The first kappa shape index (κ1) is 20.8. The van der Waals surface area contributed by atoms with Crippen LogP contribution in [-0.2, 0) is 17.9 Å². The van der Waals surface area contributed by atoms with E-state index in [1.54, 1.807) is 29.2 Å². The second kappa shape index (κ2) is 8.73. The number of carbonyl (C=O) groups is 1.